The Morgan fingerprint density at radius 2 is 1.73 bits per heavy atom. The van der Waals surface area contributed by atoms with E-state index >= 15 is 0 Å². The number of ether oxygens (including phenoxy) is 1. The van der Waals surface area contributed by atoms with E-state index in [1.807, 2.05) is 42.3 Å². The standard InChI is InChI=1S/C22H28N2O2/c1-24(21(25)22(17-26-2)12-14-23-15-13-22)16-19-10-6-7-11-20(19)18-8-4-3-5-9-18/h3-11,23H,12-17H2,1-2H3. The van der Waals surface area contributed by atoms with E-state index in [9.17, 15) is 4.79 Å². The van der Waals surface area contributed by atoms with Crippen molar-refractivity contribution in [3.05, 3.63) is 60.2 Å². The Labute approximate surface area is 156 Å². The molecule has 4 heteroatoms. The van der Waals surface area contributed by atoms with Crippen molar-refractivity contribution in [1.29, 1.82) is 0 Å². The van der Waals surface area contributed by atoms with Crippen molar-refractivity contribution in [3.8, 4) is 11.1 Å². The molecule has 0 saturated carbocycles. The van der Waals surface area contributed by atoms with Crippen LogP contribution in [0.4, 0.5) is 0 Å². The Balaban J connectivity index is 1.81. The number of hydrogen-bond acceptors (Lipinski definition) is 3. The van der Waals surface area contributed by atoms with Crippen LogP contribution in [0.1, 0.15) is 18.4 Å². The quantitative estimate of drug-likeness (QED) is 0.867. The Hall–Kier alpha value is -2.17. The summed E-state index contributed by atoms with van der Waals surface area (Å²) in [6.45, 7) is 2.81. The van der Waals surface area contributed by atoms with E-state index in [-0.39, 0.29) is 5.91 Å². The van der Waals surface area contributed by atoms with E-state index in [4.69, 9.17) is 4.74 Å². The molecule has 0 aromatic heterocycles. The molecule has 138 valence electrons. The third-order valence-electron chi connectivity index (χ3n) is 5.29. The van der Waals surface area contributed by atoms with Crippen molar-refractivity contribution in [2.45, 2.75) is 19.4 Å². The Kier molecular flexibility index (Phi) is 6.07. The molecule has 0 unspecified atom stereocenters. The van der Waals surface area contributed by atoms with E-state index < -0.39 is 5.41 Å². The van der Waals surface area contributed by atoms with Crippen molar-refractivity contribution in [2.75, 3.05) is 33.9 Å². The van der Waals surface area contributed by atoms with Gasteiger partial charge in [-0.15, -0.1) is 0 Å². The fourth-order valence-electron chi connectivity index (χ4n) is 3.89. The molecule has 0 spiro atoms. The fraction of sp³-hybridized carbons (Fsp3) is 0.409. The second-order valence-corrected chi connectivity index (χ2v) is 7.15. The van der Waals surface area contributed by atoms with Gasteiger partial charge in [-0.3, -0.25) is 4.79 Å². The number of carbonyl (C=O) groups excluding carboxylic acids is 1. The van der Waals surface area contributed by atoms with Crippen LogP contribution in [0.5, 0.6) is 0 Å². The molecule has 0 atom stereocenters. The van der Waals surface area contributed by atoms with E-state index in [2.05, 4.69) is 29.6 Å². The number of carbonyl (C=O) groups is 1. The molecule has 3 rings (SSSR count). The average Bonchev–Trinajstić information content (AvgIpc) is 2.69. The van der Waals surface area contributed by atoms with Crippen molar-refractivity contribution >= 4 is 5.91 Å². The number of amides is 1. The minimum atomic E-state index is -0.406. The maximum atomic E-state index is 13.3. The minimum absolute atomic E-state index is 0.184. The predicted octanol–water partition coefficient (Wildman–Crippen LogP) is 3.33. The highest BCUT2D eigenvalue weighted by Crippen LogP contribution is 2.32. The summed E-state index contributed by atoms with van der Waals surface area (Å²) in [4.78, 5) is 15.1. The number of methoxy groups -OCH3 is 1. The van der Waals surface area contributed by atoms with Crippen molar-refractivity contribution in [2.24, 2.45) is 5.41 Å². The van der Waals surface area contributed by atoms with Gasteiger partial charge in [0.05, 0.1) is 12.0 Å². The summed E-state index contributed by atoms with van der Waals surface area (Å²) in [6.07, 6.45) is 1.65. The largest absolute Gasteiger partial charge is 0.384 e. The Bertz CT molecular complexity index is 718. The van der Waals surface area contributed by atoms with Crippen LogP contribution in [-0.4, -0.2) is 44.7 Å². The van der Waals surface area contributed by atoms with Gasteiger partial charge < -0.3 is 15.0 Å². The summed E-state index contributed by atoms with van der Waals surface area (Å²) in [5.74, 6) is 0.184. The van der Waals surface area contributed by atoms with Crippen LogP contribution in [-0.2, 0) is 16.1 Å². The third kappa shape index (κ3) is 3.97. The van der Waals surface area contributed by atoms with Gasteiger partial charge in [-0.1, -0.05) is 54.6 Å². The number of piperidine rings is 1. The summed E-state index contributed by atoms with van der Waals surface area (Å²) in [5, 5.41) is 3.35. The summed E-state index contributed by atoms with van der Waals surface area (Å²) in [7, 11) is 3.59. The summed E-state index contributed by atoms with van der Waals surface area (Å²) >= 11 is 0. The molecule has 1 aliphatic rings. The van der Waals surface area contributed by atoms with Gasteiger partial charge in [0.2, 0.25) is 5.91 Å². The van der Waals surface area contributed by atoms with Gasteiger partial charge in [-0.2, -0.15) is 0 Å². The van der Waals surface area contributed by atoms with Gasteiger partial charge in [-0.25, -0.2) is 0 Å². The molecule has 1 N–H and O–H groups in total. The van der Waals surface area contributed by atoms with Gasteiger partial charge in [0.15, 0.2) is 0 Å². The van der Waals surface area contributed by atoms with Gasteiger partial charge in [-0.05, 0) is 42.6 Å². The van der Waals surface area contributed by atoms with Gasteiger partial charge in [0, 0.05) is 20.7 Å². The molecule has 0 aliphatic carbocycles. The summed E-state index contributed by atoms with van der Waals surface area (Å²) in [5.41, 5.74) is 3.11. The molecule has 2 aromatic carbocycles. The van der Waals surface area contributed by atoms with Crippen LogP contribution in [0.3, 0.4) is 0 Å². The smallest absolute Gasteiger partial charge is 0.231 e. The zero-order chi connectivity index (χ0) is 18.4. The summed E-state index contributed by atoms with van der Waals surface area (Å²) < 4.78 is 5.42. The van der Waals surface area contributed by atoms with Crippen LogP contribution in [0, 0.1) is 5.41 Å². The highest BCUT2D eigenvalue weighted by Gasteiger charge is 2.41. The number of benzene rings is 2. The molecular weight excluding hydrogens is 324 g/mol. The lowest BCUT2D eigenvalue weighted by Crippen LogP contribution is -2.50. The lowest BCUT2D eigenvalue weighted by molar-refractivity contribution is -0.146. The fourth-order valence-corrected chi connectivity index (χ4v) is 3.89. The Morgan fingerprint density at radius 3 is 2.42 bits per heavy atom. The lowest BCUT2D eigenvalue weighted by atomic mass is 9.78. The molecule has 1 aliphatic heterocycles. The van der Waals surface area contributed by atoms with Crippen LogP contribution in [0.2, 0.25) is 0 Å². The zero-order valence-corrected chi connectivity index (χ0v) is 15.7. The van der Waals surface area contributed by atoms with E-state index in [0.29, 0.717) is 13.2 Å². The van der Waals surface area contributed by atoms with Crippen molar-refractivity contribution in [3.63, 3.8) is 0 Å². The monoisotopic (exact) mass is 352 g/mol. The summed E-state index contributed by atoms with van der Waals surface area (Å²) in [6, 6.07) is 18.7. The first kappa shape index (κ1) is 18.6. The molecule has 0 radical (unpaired) electrons. The second-order valence-electron chi connectivity index (χ2n) is 7.15. The van der Waals surface area contributed by atoms with Crippen molar-refractivity contribution < 1.29 is 9.53 Å². The molecule has 1 saturated heterocycles. The normalized spacial score (nSPS) is 16.2. The van der Waals surface area contributed by atoms with E-state index in [0.717, 1.165) is 31.5 Å². The zero-order valence-electron chi connectivity index (χ0n) is 15.7. The van der Waals surface area contributed by atoms with Gasteiger partial charge in [0.1, 0.15) is 0 Å². The molecule has 1 amide bonds. The van der Waals surface area contributed by atoms with Gasteiger partial charge >= 0.3 is 0 Å². The molecular formula is C22H28N2O2. The first-order chi connectivity index (χ1) is 12.7. The van der Waals surface area contributed by atoms with Crippen molar-refractivity contribution in [1.82, 2.24) is 10.2 Å². The third-order valence-corrected chi connectivity index (χ3v) is 5.29. The molecule has 4 nitrogen and oxygen atoms in total. The number of hydrogen-bond donors (Lipinski definition) is 1. The first-order valence-corrected chi connectivity index (χ1v) is 9.25. The first-order valence-electron chi connectivity index (χ1n) is 9.25. The number of rotatable bonds is 6. The molecule has 0 bridgehead atoms. The number of nitrogens with one attached hydrogen (secondary N) is 1. The van der Waals surface area contributed by atoms with E-state index in [1.54, 1.807) is 7.11 Å². The minimum Gasteiger partial charge on any atom is -0.384 e. The van der Waals surface area contributed by atoms with E-state index in [1.165, 1.54) is 11.1 Å². The molecule has 1 heterocycles. The van der Waals surface area contributed by atoms with Gasteiger partial charge in [0.25, 0.3) is 0 Å². The van der Waals surface area contributed by atoms with Crippen LogP contribution >= 0.6 is 0 Å². The highest BCUT2D eigenvalue weighted by molar-refractivity contribution is 5.83. The average molecular weight is 352 g/mol. The highest BCUT2D eigenvalue weighted by atomic mass is 16.5. The topological polar surface area (TPSA) is 41.6 Å². The number of nitrogens with zero attached hydrogens (tertiary/aromatic N) is 1. The molecule has 26 heavy (non-hydrogen) atoms. The predicted molar refractivity (Wildman–Crippen MR) is 105 cm³/mol. The molecule has 1 fully saturated rings. The maximum Gasteiger partial charge on any atom is 0.231 e. The molecule has 2 aromatic rings. The second kappa shape index (κ2) is 8.47. The van der Waals surface area contributed by atoms with Crippen LogP contribution in [0.25, 0.3) is 11.1 Å². The van der Waals surface area contributed by atoms with Crippen LogP contribution in [0.15, 0.2) is 54.6 Å². The Morgan fingerprint density at radius 1 is 1.08 bits per heavy atom. The van der Waals surface area contributed by atoms with Crippen LogP contribution < -0.4 is 5.32 Å². The SMILES string of the molecule is COCC1(C(=O)N(C)Cc2ccccc2-c2ccccc2)CCNCC1. The maximum absolute atomic E-state index is 13.3. The lowest BCUT2D eigenvalue weighted by Gasteiger charge is -2.38.